The van der Waals surface area contributed by atoms with E-state index in [0.29, 0.717) is 35.3 Å². The molecule has 1 aliphatic rings. The van der Waals surface area contributed by atoms with Crippen LogP contribution in [-0.4, -0.2) is 44.3 Å². The van der Waals surface area contributed by atoms with Crippen LogP contribution in [0.4, 0.5) is 8.78 Å². The molecule has 1 aromatic rings. The summed E-state index contributed by atoms with van der Waals surface area (Å²) in [5.41, 5.74) is 1.15. The Morgan fingerprint density at radius 2 is 2.04 bits per heavy atom. The van der Waals surface area contributed by atoms with Crippen molar-refractivity contribution in [2.45, 2.75) is 52.6 Å². The molecule has 2 atom stereocenters. The van der Waals surface area contributed by atoms with Gasteiger partial charge in [-0.3, -0.25) is 9.59 Å². The molecule has 6 nitrogen and oxygen atoms in total. The largest absolute Gasteiger partial charge is 0.481 e. The number of nitrogens with zero attached hydrogens (tertiary/aromatic N) is 3. The topological polar surface area (TPSA) is 75.4 Å². The normalized spacial score (nSPS) is 21.7. The molecule has 1 aliphatic heterocycles. The highest BCUT2D eigenvalue weighted by atomic mass is 19.3. The minimum absolute atomic E-state index is 0.0406. The van der Waals surface area contributed by atoms with Gasteiger partial charge in [0.2, 0.25) is 5.91 Å². The van der Waals surface area contributed by atoms with Gasteiger partial charge < -0.3 is 10.0 Å². The zero-order chi connectivity index (χ0) is 17.3. The number of aryl methyl sites for hydroxylation is 1. The van der Waals surface area contributed by atoms with Crippen molar-refractivity contribution in [3.8, 4) is 0 Å². The molecule has 0 aliphatic carbocycles. The van der Waals surface area contributed by atoms with E-state index in [2.05, 4.69) is 5.10 Å². The van der Waals surface area contributed by atoms with Gasteiger partial charge in [0.15, 0.2) is 0 Å². The second-order valence-electron chi connectivity index (χ2n) is 5.96. The zero-order valence-corrected chi connectivity index (χ0v) is 13.4. The molecular weight excluding hydrogens is 308 g/mol. The summed E-state index contributed by atoms with van der Waals surface area (Å²) in [5, 5.41) is 13.0. The molecule has 128 valence electrons. The number of rotatable bonds is 4. The van der Waals surface area contributed by atoms with Crippen molar-refractivity contribution in [2.75, 3.05) is 6.54 Å². The Balaban J connectivity index is 2.17. The molecule has 0 spiro atoms. The fraction of sp³-hybridized carbons (Fsp3) is 0.667. The Labute approximate surface area is 133 Å². The molecule has 0 saturated carbocycles. The zero-order valence-electron chi connectivity index (χ0n) is 13.4. The second kappa shape index (κ2) is 6.64. The Hall–Kier alpha value is -1.99. The van der Waals surface area contributed by atoms with Crippen LogP contribution >= 0.6 is 0 Å². The van der Waals surface area contributed by atoms with E-state index >= 15 is 0 Å². The van der Waals surface area contributed by atoms with Gasteiger partial charge in [0.25, 0.3) is 0 Å². The smallest absolute Gasteiger partial charge is 0.333 e. The number of carboxylic acid groups (broad SMARTS) is 1. The summed E-state index contributed by atoms with van der Waals surface area (Å²) in [6.45, 7) is 2.56. The first-order valence-electron chi connectivity index (χ1n) is 7.59. The highest BCUT2D eigenvalue weighted by molar-refractivity contribution is 5.81. The Morgan fingerprint density at radius 3 is 2.57 bits per heavy atom. The van der Waals surface area contributed by atoms with Crippen LogP contribution in [0.3, 0.4) is 0 Å². The summed E-state index contributed by atoms with van der Waals surface area (Å²) in [5.74, 6) is -1.74. The Morgan fingerprint density at radius 1 is 1.39 bits per heavy atom. The molecular formula is C15H21F2N3O3. The van der Waals surface area contributed by atoms with Gasteiger partial charge in [-0.1, -0.05) is 0 Å². The van der Waals surface area contributed by atoms with E-state index in [4.69, 9.17) is 0 Å². The van der Waals surface area contributed by atoms with E-state index in [1.165, 1.54) is 6.92 Å². The fourth-order valence-electron chi connectivity index (χ4n) is 3.22. The van der Waals surface area contributed by atoms with Gasteiger partial charge >= 0.3 is 12.5 Å². The quantitative estimate of drug-likeness (QED) is 0.918. The average molecular weight is 329 g/mol. The van der Waals surface area contributed by atoms with E-state index in [0.717, 1.165) is 0 Å². The molecule has 0 bridgehead atoms. The van der Waals surface area contributed by atoms with E-state index in [1.54, 1.807) is 18.7 Å². The molecule has 1 saturated heterocycles. The van der Waals surface area contributed by atoms with Crippen LogP contribution in [0.1, 0.15) is 43.3 Å². The lowest BCUT2D eigenvalue weighted by molar-refractivity contribution is -0.148. The van der Waals surface area contributed by atoms with Crippen molar-refractivity contribution >= 4 is 11.9 Å². The van der Waals surface area contributed by atoms with E-state index in [9.17, 15) is 23.5 Å². The molecule has 0 aromatic carbocycles. The average Bonchev–Trinajstić information content (AvgIpc) is 2.75. The number of halogens is 2. The van der Waals surface area contributed by atoms with Crippen LogP contribution in [0.25, 0.3) is 0 Å². The van der Waals surface area contributed by atoms with Crippen LogP contribution < -0.4 is 0 Å². The monoisotopic (exact) mass is 329 g/mol. The van der Waals surface area contributed by atoms with Crippen LogP contribution in [0.15, 0.2) is 0 Å². The van der Waals surface area contributed by atoms with Gasteiger partial charge in [0.1, 0.15) is 0 Å². The van der Waals surface area contributed by atoms with E-state index in [-0.39, 0.29) is 18.0 Å². The minimum atomic E-state index is -2.75. The van der Waals surface area contributed by atoms with Crippen molar-refractivity contribution in [3.63, 3.8) is 0 Å². The highest BCUT2D eigenvalue weighted by Gasteiger charge is 2.35. The van der Waals surface area contributed by atoms with Crippen molar-refractivity contribution in [1.29, 1.82) is 0 Å². The van der Waals surface area contributed by atoms with Crippen molar-refractivity contribution in [2.24, 2.45) is 5.92 Å². The number of hydrogen-bond donors (Lipinski definition) is 1. The fourth-order valence-corrected chi connectivity index (χ4v) is 3.22. The number of alkyl halides is 2. The van der Waals surface area contributed by atoms with Gasteiger partial charge in [0.05, 0.1) is 18.0 Å². The third kappa shape index (κ3) is 3.35. The summed E-state index contributed by atoms with van der Waals surface area (Å²) < 4.78 is 26.3. The van der Waals surface area contributed by atoms with E-state index < -0.39 is 24.5 Å². The summed E-state index contributed by atoms with van der Waals surface area (Å²) in [6, 6.07) is -0.403. The predicted octanol–water partition coefficient (Wildman–Crippen LogP) is 2.15. The molecule has 8 heteroatoms. The van der Waals surface area contributed by atoms with Gasteiger partial charge in [-0.2, -0.15) is 13.9 Å². The predicted molar refractivity (Wildman–Crippen MR) is 78.2 cm³/mol. The lowest BCUT2D eigenvalue weighted by Gasteiger charge is -2.37. The molecule has 2 heterocycles. The second-order valence-corrected chi connectivity index (χ2v) is 5.96. The molecule has 1 fully saturated rings. The molecule has 1 N–H and O–H groups in total. The van der Waals surface area contributed by atoms with Gasteiger partial charge in [-0.25, -0.2) is 4.68 Å². The lowest BCUT2D eigenvalue weighted by atomic mass is 9.90. The number of likely N-dealkylation sites (tertiary alicyclic amines) is 1. The molecule has 0 radical (unpaired) electrons. The maximum absolute atomic E-state index is 12.9. The van der Waals surface area contributed by atoms with Crippen LogP contribution in [0.2, 0.25) is 0 Å². The number of aliphatic carboxylic acids is 1. The lowest BCUT2D eigenvalue weighted by Crippen LogP contribution is -2.49. The molecule has 1 aromatic heterocycles. The SMILES string of the molecule is Cc1nn(C(F)F)c(C)c1CC(=O)N1CCC[C@@H](C(=O)O)[C@H]1C. The first-order valence-corrected chi connectivity index (χ1v) is 7.59. The third-order valence-electron chi connectivity index (χ3n) is 4.61. The Kier molecular flexibility index (Phi) is 5.01. The number of carbonyl (C=O) groups excluding carboxylic acids is 1. The van der Waals surface area contributed by atoms with Crippen LogP contribution in [-0.2, 0) is 16.0 Å². The summed E-state index contributed by atoms with van der Waals surface area (Å²) in [6.07, 6.45) is 1.13. The number of hydrogen-bond acceptors (Lipinski definition) is 3. The number of amides is 1. The minimum Gasteiger partial charge on any atom is -0.481 e. The van der Waals surface area contributed by atoms with Crippen molar-refractivity contribution < 1.29 is 23.5 Å². The molecule has 1 amide bonds. The number of piperidine rings is 1. The van der Waals surface area contributed by atoms with Crippen LogP contribution in [0.5, 0.6) is 0 Å². The summed E-state index contributed by atoms with van der Waals surface area (Å²) in [4.78, 5) is 25.3. The number of carbonyl (C=O) groups is 2. The van der Waals surface area contributed by atoms with Gasteiger partial charge in [0, 0.05) is 23.8 Å². The van der Waals surface area contributed by atoms with E-state index in [1.807, 2.05) is 0 Å². The molecule has 23 heavy (non-hydrogen) atoms. The molecule has 2 rings (SSSR count). The molecule has 0 unspecified atom stereocenters. The third-order valence-corrected chi connectivity index (χ3v) is 4.61. The van der Waals surface area contributed by atoms with Gasteiger partial charge in [-0.15, -0.1) is 0 Å². The van der Waals surface area contributed by atoms with Crippen LogP contribution in [0, 0.1) is 19.8 Å². The maximum Gasteiger partial charge on any atom is 0.333 e. The van der Waals surface area contributed by atoms with Gasteiger partial charge in [-0.05, 0) is 33.6 Å². The maximum atomic E-state index is 12.9. The standard InChI is InChI=1S/C15H21F2N3O3/c1-8-12(10(3)20(18-8)15(16)17)7-13(21)19-6-4-5-11(9(19)2)14(22)23/h9,11,15H,4-7H2,1-3H3,(H,22,23)/t9-,11-/m1/s1. The number of carboxylic acids is 1. The van der Waals surface area contributed by atoms with Crippen molar-refractivity contribution in [1.82, 2.24) is 14.7 Å². The summed E-state index contributed by atoms with van der Waals surface area (Å²) in [7, 11) is 0. The highest BCUT2D eigenvalue weighted by Crippen LogP contribution is 2.26. The first kappa shape index (κ1) is 17.4. The Bertz CT molecular complexity index is 615. The first-order chi connectivity index (χ1) is 10.7. The number of aromatic nitrogens is 2. The van der Waals surface area contributed by atoms with Crippen molar-refractivity contribution in [3.05, 3.63) is 17.0 Å². The summed E-state index contributed by atoms with van der Waals surface area (Å²) >= 11 is 0.